The third-order valence-electron chi connectivity index (χ3n) is 2.73. The van der Waals surface area contributed by atoms with Gasteiger partial charge in [0.05, 0.1) is 9.77 Å². The Kier molecular flexibility index (Phi) is 3.50. The van der Waals surface area contributed by atoms with Crippen LogP contribution in [0.4, 0.5) is 0 Å². The Balaban J connectivity index is 2.27. The zero-order chi connectivity index (χ0) is 12.5. The molecule has 0 radical (unpaired) electrons. The maximum Gasteiger partial charge on any atom is 0.261 e. The molecule has 2 heterocycles. The predicted octanol–water partition coefficient (Wildman–Crippen LogP) is 0.892. The monoisotopic (exact) mass is 274 g/mol. The number of thiophene rings is 1. The Bertz CT molecular complexity index is 515. The molecule has 1 aromatic rings. The standard InChI is InChI=1S/C10H14N2O3S2/c1-11-10(13)9-6-8(7-16-9)17(14,15)12-4-2-3-5-12/h6-7H,2-5H2,1H3,(H,11,13). The average molecular weight is 274 g/mol. The van der Waals surface area contributed by atoms with Gasteiger partial charge in [-0.3, -0.25) is 4.79 Å². The van der Waals surface area contributed by atoms with Crippen LogP contribution in [0.15, 0.2) is 16.3 Å². The summed E-state index contributed by atoms with van der Waals surface area (Å²) in [4.78, 5) is 12.0. The molecule has 0 atom stereocenters. The van der Waals surface area contributed by atoms with Gasteiger partial charge in [-0.1, -0.05) is 0 Å². The second-order valence-corrected chi connectivity index (χ2v) is 6.69. The van der Waals surface area contributed by atoms with E-state index in [0.29, 0.717) is 18.0 Å². The zero-order valence-electron chi connectivity index (χ0n) is 9.47. The summed E-state index contributed by atoms with van der Waals surface area (Å²) in [5.74, 6) is -0.252. The highest BCUT2D eigenvalue weighted by Crippen LogP contribution is 2.25. The second kappa shape index (κ2) is 4.75. The fraction of sp³-hybridized carbons (Fsp3) is 0.500. The smallest absolute Gasteiger partial charge is 0.261 e. The molecular formula is C10H14N2O3S2. The molecule has 94 valence electrons. The molecular weight excluding hydrogens is 260 g/mol. The van der Waals surface area contributed by atoms with Crippen LogP contribution in [0, 0.1) is 0 Å². The molecule has 17 heavy (non-hydrogen) atoms. The van der Waals surface area contributed by atoms with Crippen molar-refractivity contribution in [2.75, 3.05) is 20.1 Å². The van der Waals surface area contributed by atoms with E-state index in [1.54, 1.807) is 0 Å². The normalized spacial score (nSPS) is 17.2. The molecule has 1 aliphatic heterocycles. The molecule has 0 saturated carbocycles. The van der Waals surface area contributed by atoms with Gasteiger partial charge in [0.25, 0.3) is 5.91 Å². The highest BCUT2D eigenvalue weighted by atomic mass is 32.2. The summed E-state index contributed by atoms with van der Waals surface area (Å²) in [6.07, 6.45) is 1.82. The van der Waals surface area contributed by atoms with Crippen molar-refractivity contribution in [2.24, 2.45) is 0 Å². The lowest BCUT2D eigenvalue weighted by molar-refractivity contribution is 0.0967. The Morgan fingerprint density at radius 1 is 1.41 bits per heavy atom. The van der Waals surface area contributed by atoms with E-state index in [9.17, 15) is 13.2 Å². The summed E-state index contributed by atoms with van der Waals surface area (Å²) in [5.41, 5.74) is 0. The number of hydrogen-bond donors (Lipinski definition) is 1. The van der Waals surface area contributed by atoms with Crippen molar-refractivity contribution in [1.82, 2.24) is 9.62 Å². The van der Waals surface area contributed by atoms with E-state index in [-0.39, 0.29) is 10.8 Å². The molecule has 1 amide bonds. The number of nitrogens with one attached hydrogen (secondary N) is 1. The van der Waals surface area contributed by atoms with Crippen molar-refractivity contribution in [1.29, 1.82) is 0 Å². The summed E-state index contributed by atoms with van der Waals surface area (Å²) in [5, 5.41) is 4.00. The third-order valence-corrected chi connectivity index (χ3v) is 5.68. The number of carbonyl (C=O) groups excluding carboxylic acids is 1. The van der Waals surface area contributed by atoms with Gasteiger partial charge < -0.3 is 5.32 Å². The van der Waals surface area contributed by atoms with Crippen LogP contribution in [0.25, 0.3) is 0 Å². The first-order chi connectivity index (χ1) is 8.05. The Morgan fingerprint density at radius 3 is 2.65 bits per heavy atom. The summed E-state index contributed by atoms with van der Waals surface area (Å²) < 4.78 is 25.8. The van der Waals surface area contributed by atoms with Crippen LogP contribution in [-0.2, 0) is 10.0 Å². The van der Waals surface area contributed by atoms with Crippen molar-refractivity contribution in [3.8, 4) is 0 Å². The number of sulfonamides is 1. The molecule has 0 bridgehead atoms. The summed E-state index contributed by atoms with van der Waals surface area (Å²) >= 11 is 1.15. The van der Waals surface area contributed by atoms with Gasteiger partial charge in [-0.05, 0) is 18.9 Å². The molecule has 1 aliphatic rings. The van der Waals surface area contributed by atoms with Crippen LogP contribution in [0.3, 0.4) is 0 Å². The first-order valence-corrected chi connectivity index (χ1v) is 7.68. The summed E-state index contributed by atoms with van der Waals surface area (Å²) in [7, 11) is -1.87. The van der Waals surface area contributed by atoms with Crippen molar-refractivity contribution in [3.05, 3.63) is 16.3 Å². The van der Waals surface area contributed by atoms with Crippen LogP contribution in [0.1, 0.15) is 22.5 Å². The van der Waals surface area contributed by atoms with Crippen molar-refractivity contribution in [3.63, 3.8) is 0 Å². The average Bonchev–Trinajstić information content (AvgIpc) is 2.98. The number of carbonyl (C=O) groups is 1. The lowest BCUT2D eigenvalue weighted by Crippen LogP contribution is -2.27. The maximum absolute atomic E-state index is 12.2. The minimum absolute atomic E-state index is 0.225. The number of amides is 1. The molecule has 5 nitrogen and oxygen atoms in total. The van der Waals surface area contributed by atoms with E-state index < -0.39 is 10.0 Å². The quantitative estimate of drug-likeness (QED) is 0.890. The largest absolute Gasteiger partial charge is 0.354 e. The van der Waals surface area contributed by atoms with Gasteiger partial charge in [-0.2, -0.15) is 4.31 Å². The molecule has 0 aromatic carbocycles. The van der Waals surface area contributed by atoms with Gasteiger partial charge in [0.2, 0.25) is 10.0 Å². The number of rotatable bonds is 3. The van der Waals surface area contributed by atoms with E-state index >= 15 is 0 Å². The topological polar surface area (TPSA) is 66.5 Å². The Labute approximate surface area is 104 Å². The maximum atomic E-state index is 12.2. The molecule has 1 aromatic heterocycles. The van der Waals surface area contributed by atoms with E-state index in [2.05, 4.69) is 5.32 Å². The first-order valence-electron chi connectivity index (χ1n) is 5.36. The van der Waals surface area contributed by atoms with Crippen molar-refractivity contribution < 1.29 is 13.2 Å². The van der Waals surface area contributed by atoms with Gasteiger partial charge in [-0.15, -0.1) is 11.3 Å². The lowest BCUT2D eigenvalue weighted by atomic mass is 10.4. The number of hydrogen-bond acceptors (Lipinski definition) is 4. The molecule has 2 rings (SSSR count). The van der Waals surface area contributed by atoms with Gasteiger partial charge in [0.1, 0.15) is 0 Å². The van der Waals surface area contributed by atoms with Crippen LogP contribution < -0.4 is 5.32 Å². The summed E-state index contributed by atoms with van der Waals surface area (Å²) in [6, 6.07) is 1.44. The minimum atomic E-state index is -3.40. The predicted molar refractivity (Wildman–Crippen MR) is 65.7 cm³/mol. The molecule has 1 N–H and O–H groups in total. The molecule has 0 aliphatic carbocycles. The zero-order valence-corrected chi connectivity index (χ0v) is 11.1. The second-order valence-electron chi connectivity index (χ2n) is 3.84. The lowest BCUT2D eigenvalue weighted by Gasteiger charge is -2.13. The van der Waals surface area contributed by atoms with Crippen molar-refractivity contribution >= 4 is 27.3 Å². The molecule has 1 fully saturated rings. The van der Waals surface area contributed by atoms with Crippen molar-refractivity contribution in [2.45, 2.75) is 17.7 Å². The fourth-order valence-electron chi connectivity index (χ4n) is 1.77. The van der Waals surface area contributed by atoms with Crippen LogP contribution >= 0.6 is 11.3 Å². The minimum Gasteiger partial charge on any atom is -0.354 e. The van der Waals surface area contributed by atoms with E-state index in [4.69, 9.17) is 0 Å². The van der Waals surface area contributed by atoms with Gasteiger partial charge in [0.15, 0.2) is 0 Å². The number of nitrogens with zero attached hydrogens (tertiary/aromatic N) is 1. The molecule has 0 spiro atoms. The molecule has 1 saturated heterocycles. The highest BCUT2D eigenvalue weighted by molar-refractivity contribution is 7.89. The molecule has 7 heteroatoms. The summed E-state index contributed by atoms with van der Waals surface area (Å²) in [6.45, 7) is 1.15. The van der Waals surface area contributed by atoms with Crippen LogP contribution in [0.2, 0.25) is 0 Å². The van der Waals surface area contributed by atoms with Crippen LogP contribution in [-0.4, -0.2) is 38.8 Å². The SMILES string of the molecule is CNC(=O)c1cc(S(=O)(=O)N2CCCC2)cs1. The van der Waals surface area contributed by atoms with E-state index in [1.165, 1.54) is 22.8 Å². The fourth-order valence-corrected chi connectivity index (χ4v) is 4.50. The van der Waals surface area contributed by atoms with Gasteiger partial charge in [0, 0.05) is 25.5 Å². The Morgan fingerprint density at radius 2 is 2.06 bits per heavy atom. The van der Waals surface area contributed by atoms with E-state index in [1.807, 2.05) is 0 Å². The first kappa shape index (κ1) is 12.5. The van der Waals surface area contributed by atoms with E-state index in [0.717, 1.165) is 24.2 Å². The van der Waals surface area contributed by atoms with Crippen LogP contribution in [0.5, 0.6) is 0 Å². The molecule has 0 unspecified atom stereocenters. The highest BCUT2D eigenvalue weighted by Gasteiger charge is 2.28. The Hall–Kier alpha value is -0.920. The van der Waals surface area contributed by atoms with Gasteiger partial charge >= 0.3 is 0 Å². The van der Waals surface area contributed by atoms with Gasteiger partial charge in [-0.25, -0.2) is 8.42 Å². The third kappa shape index (κ3) is 2.36.